The van der Waals surface area contributed by atoms with Crippen LogP contribution in [0.1, 0.15) is 24.0 Å². The molecule has 2 N–H and O–H groups in total. The molecule has 0 aliphatic heterocycles. The van der Waals surface area contributed by atoms with Gasteiger partial charge < -0.3 is 10.6 Å². The van der Waals surface area contributed by atoms with E-state index in [1.54, 1.807) is 0 Å². The number of aryl methyl sites for hydroxylation is 1. The van der Waals surface area contributed by atoms with Crippen molar-refractivity contribution in [2.45, 2.75) is 32.4 Å². The van der Waals surface area contributed by atoms with E-state index in [-0.39, 0.29) is 0 Å². The van der Waals surface area contributed by atoms with Crippen molar-refractivity contribution in [2.24, 2.45) is 0 Å². The van der Waals surface area contributed by atoms with Crippen LogP contribution in [0.4, 0.5) is 11.5 Å². The van der Waals surface area contributed by atoms with Crippen LogP contribution in [0.25, 0.3) is 0 Å². The summed E-state index contributed by atoms with van der Waals surface area (Å²) >= 11 is 0. The second-order valence-electron chi connectivity index (χ2n) is 5.30. The second kappa shape index (κ2) is 4.92. The first kappa shape index (κ1) is 12.0. The van der Waals surface area contributed by atoms with E-state index in [1.165, 1.54) is 24.0 Å². The van der Waals surface area contributed by atoms with E-state index < -0.39 is 0 Å². The molecule has 0 bridgehead atoms. The first-order chi connectivity index (χ1) is 9.22. The van der Waals surface area contributed by atoms with Gasteiger partial charge in [-0.2, -0.15) is 0 Å². The summed E-state index contributed by atoms with van der Waals surface area (Å²) in [6, 6.07) is 12.9. The highest BCUT2D eigenvalue weighted by atomic mass is 15.2. The van der Waals surface area contributed by atoms with E-state index in [0.717, 1.165) is 18.1 Å². The van der Waals surface area contributed by atoms with Gasteiger partial charge >= 0.3 is 0 Å². The van der Waals surface area contributed by atoms with Crippen LogP contribution < -0.4 is 10.6 Å². The molecule has 0 unspecified atom stereocenters. The predicted octanol–water partition coefficient (Wildman–Crippen LogP) is 3.14. The van der Waals surface area contributed by atoms with Crippen molar-refractivity contribution in [3.05, 3.63) is 53.7 Å². The van der Waals surface area contributed by atoms with Crippen molar-refractivity contribution >= 4 is 11.5 Å². The van der Waals surface area contributed by atoms with Crippen molar-refractivity contribution < 1.29 is 0 Å². The molecule has 3 nitrogen and oxygen atoms in total. The summed E-state index contributed by atoms with van der Waals surface area (Å²) in [5.41, 5.74) is 9.18. The maximum absolute atomic E-state index is 5.85. The monoisotopic (exact) mass is 253 g/mol. The van der Waals surface area contributed by atoms with Gasteiger partial charge in [-0.15, -0.1) is 0 Å². The van der Waals surface area contributed by atoms with Gasteiger partial charge in [0, 0.05) is 24.5 Å². The first-order valence-electron chi connectivity index (χ1n) is 6.76. The number of nitrogen functional groups attached to an aromatic ring is 1. The maximum Gasteiger partial charge on any atom is 0.129 e. The van der Waals surface area contributed by atoms with Crippen LogP contribution in [0.2, 0.25) is 0 Å². The number of nitrogens with two attached hydrogens (primary N) is 1. The average Bonchev–Trinajstić information content (AvgIpc) is 3.20. The Bertz CT molecular complexity index is 576. The molecular weight excluding hydrogens is 234 g/mol. The molecule has 3 heteroatoms. The topological polar surface area (TPSA) is 42.2 Å². The Hall–Kier alpha value is -2.03. The molecule has 0 saturated heterocycles. The van der Waals surface area contributed by atoms with Crippen LogP contribution in [0, 0.1) is 6.92 Å². The van der Waals surface area contributed by atoms with Crippen LogP contribution in [0.3, 0.4) is 0 Å². The molecule has 1 saturated carbocycles. The molecular formula is C16H19N3. The standard InChI is InChI=1S/C16H19N3/c1-12-7-8-18-16(9-12)19(15-5-6-15)11-13-3-2-4-14(17)10-13/h2-4,7-10,15H,5-6,11,17H2,1H3. The summed E-state index contributed by atoms with van der Waals surface area (Å²) in [6.45, 7) is 2.99. The third kappa shape index (κ3) is 2.87. The number of benzene rings is 1. The smallest absolute Gasteiger partial charge is 0.129 e. The van der Waals surface area contributed by atoms with E-state index in [4.69, 9.17) is 5.73 Å². The minimum absolute atomic E-state index is 0.635. The van der Waals surface area contributed by atoms with Gasteiger partial charge in [-0.05, 0) is 55.2 Å². The lowest BCUT2D eigenvalue weighted by molar-refractivity contribution is 0.778. The zero-order valence-electron chi connectivity index (χ0n) is 11.2. The van der Waals surface area contributed by atoms with Gasteiger partial charge in [0.15, 0.2) is 0 Å². The molecule has 0 amide bonds. The molecule has 1 heterocycles. The van der Waals surface area contributed by atoms with Crippen molar-refractivity contribution in [3.63, 3.8) is 0 Å². The molecule has 1 aromatic heterocycles. The van der Waals surface area contributed by atoms with Gasteiger partial charge in [-0.25, -0.2) is 4.98 Å². The van der Waals surface area contributed by atoms with E-state index >= 15 is 0 Å². The number of pyridine rings is 1. The molecule has 1 aliphatic carbocycles. The molecule has 1 aromatic carbocycles. The quantitative estimate of drug-likeness (QED) is 0.851. The van der Waals surface area contributed by atoms with Crippen LogP contribution in [0.5, 0.6) is 0 Å². The summed E-state index contributed by atoms with van der Waals surface area (Å²) in [6.07, 6.45) is 4.41. The number of hydrogen-bond acceptors (Lipinski definition) is 3. The lowest BCUT2D eigenvalue weighted by Crippen LogP contribution is -2.26. The van der Waals surface area contributed by atoms with Gasteiger partial charge in [0.1, 0.15) is 5.82 Å². The Labute approximate surface area is 114 Å². The summed E-state index contributed by atoms with van der Waals surface area (Å²) in [5, 5.41) is 0. The molecule has 1 aliphatic rings. The van der Waals surface area contributed by atoms with Gasteiger partial charge in [-0.1, -0.05) is 12.1 Å². The van der Waals surface area contributed by atoms with Gasteiger partial charge in [0.05, 0.1) is 0 Å². The van der Waals surface area contributed by atoms with Gasteiger partial charge in [0.25, 0.3) is 0 Å². The zero-order valence-corrected chi connectivity index (χ0v) is 11.2. The minimum atomic E-state index is 0.635. The lowest BCUT2D eigenvalue weighted by Gasteiger charge is -2.24. The molecule has 0 spiro atoms. The van der Waals surface area contributed by atoms with Gasteiger partial charge in [-0.3, -0.25) is 0 Å². The fourth-order valence-corrected chi connectivity index (χ4v) is 2.35. The third-order valence-corrected chi connectivity index (χ3v) is 3.49. The van der Waals surface area contributed by atoms with E-state index in [2.05, 4.69) is 28.9 Å². The van der Waals surface area contributed by atoms with Crippen molar-refractivity contribution in [3.8, 4) is 0 Å². The maximum atomic E-state index is 5.85. The number of rotatable bonds is 4. The van der Waals surface area contributed by atoms with Crippen molar-refractivity contribution in [1.82, 2.24) is 4.98 Å². The van der Waals surface area contributed by atoms with Crippen molar-refractivity contribution in [1.29, 1.82) is 0 Å². The fourth-order valence-electron chi connectivity index (χ4n) is 2.35. The van der Waals surface area contributed by atoms with Crippen LogP contribution in [0.15, 0.2) is 42.6 Å². The number of hydrogen-bond donors (Lipinski definition) is 1. The highest BCUT2D eigenvalue weighted by molar-refractivity contribution is 5.47. The number of anilines is 2. The lowest BCUT2D eigenvalue weighted by atomic mass is 10.2. The highest BCUT2D eigenvalue weighted by Gasteiger charge is 2.30. The molecule has 19 heavy (non-hydrogen) atoms. The molecule has 0 radical (unpaired) electrons. The summed E-state index contributed by atoms with van der Waals surface area (Å²) < 4.78 is 0. The second-order valence-corrected chi connectivity index (χ2v) is 5.30. The van der Waals surface area contributed by atoms with E-state index in [0.29, 0.717) is 6.04 Å². The zero-order chi connectivity index (χ0) is 13.2. The SMILES string of the molecule is Cc1ccnc(N(Cc2cccc(N)c2)C2CC2)c1. The Morgan fingerprint density at radius 1 is 1.26 bits per heavy atom. The van der Waals surface area contributed by atoms with Crippen molar-refractivity contribution in [2.75, 3.05) is 10.6 Å². The van der Waals surface area contributed by atoms with E-state index in [1.807, 2.05) is 30.5 Å². The molecule has 98 valence electrons. The van der Waals surface area contributed by atoms with Gasteiger partial charge in [0.2, 0.25) is 0 Å². The summed E-state index contributed by atoms with van der Waals surface area (Å²) in [5.74, 6) is 1.07. The van der Waals surface area contributed by atoms with E-state index in [9.17, 15) is 0 Å². The predicted molar refractivity (Wildman–Crippen MR) is 79.0 cm³/mol. The highest BCUT2D eigenvalue weighted by Crippen LogP contribution is 2.32. The van der Waals surface area contributed by atoms with Crippen LogP contribution >= 0.6 is 0 Å². The Morgan fingerprint density at radius 3 is 2.79 bits per heavy atom. The van der Waals surface area contributed by atoms with Crippen LogP contribution in [-0.4, -0.2) is 11.0 Å². The fraction of sp³-hybridized carbons (Fsp3) is 0.312. The molecule has 3 rings (SSSR count). The summed E-state index contributed by atoms with van der Waals surface area (Å²) in [7, 11) is 0. The number of aromatic nitrogens is 1. The molecule has 2 aromatic rings. The molecule has 0 atom stereocenters. The Morgan fingerprint density at radius 2 is 2.11 bits per heavy atom. The Kier molecular flexibility index (Phi) is 3.11. The normalized spacial score (nSPS) is 14.4. The average molecular weight is 253 g/mol. The molecule has 1 fully saturated rings. The van der Waals surface area contributed by atoms with Crippen LogP contribution in [-0.2, 0) is 6.54 Å². The minimum Gasteiger partial charge on any atom is -0.399 e. The largest absolute Gasteiger partial charge is 0.399 e. The summed E-state index contributed by atoms with van der Waals surface area (Å²) in [4.78, 5) is 6.91. The first-order valence-corrected chi connectivity index (χ1v) is 6.76. The Balaban J connectivity index is 1.86. The number of nitrogens with zero attached hydrogens (tertiary/aromatic N) is 2. The third-order valence-electron chi connectivity index (χ3n) is 3.49.